The van der Waals surface area contributed by atoms with E-state index in [9.17, 15) is 22.4 Å². The number of carboxylic acids is 1. The van der Waals surface area contributed by atoms with Crippen molar-refractivity contribution in [3.63, 3.8) is 0 Å². The van der Waals surface area contributed by atoms with E-state index in [0.29, 0.717) is 6.42 Å². The van der Waals surface area contributed by atoms with Crippen LogP contribution in [0.4, 0.5) is 17.6 Å². The highest BCUT2D eigenvalue weighted by molar-refractivity contribution is 5.66. The molecule has 0 atom stereocenters. The van der Waals surface area contributed by atoms with Gasteiger partial charge in [0.25, 0.3) is 0 Å². The maximum Gasteiger partial charge on any atom is 0.573 e. The Morgan fingerprint density at radius 2 is 1.81 bits per heavy atom. The molecule has 2 aromatic carbocycles. The molecule has 4 rings (SSSR count). The summed E-state index contributed by atoms with van der Waals surface area (Å²) in [6.07, 6.45) is -2.04. The third kappa shape index (κ3) is 5.22. The van der Waals surface area contributed by atoms with Crippen LogP contribution in [-0.2, 0) is 16.8 Å². The molecule has 32 heavy (non-hydrogen) atoms. The topological polar surface area (TPSA) is 49.8 Å². The molecule has 1 heterocycles. The van der Waals surface area contributed by atoms with Gasteiger partial charge in [-0.15, -0.1) is 13.2 Å². The number of halogens is 4. The quantitative estimate of drug-likeness (QED) is 0.527. The molecule has 4 nitrogen and oxygen atoms in total. The van der Waals surface area contributed by atoms with E-state index < -0.39 is 23.9 Å². The maximum atomic E-state index is 13.9. The van der Waals surface area contributed by atoms with Crippen LogP contribution in [0.15, 0.2) is 36.4 Å². The third-order valence-electron chi connectivity index (χ3n) is 5.83. The molecule has 0 saturated heterocycles. The predicted octanol–water partition coefficient (Wildman–Crippen LogP) is 4.84. The number of ether oxygens (including phenoxy) is 1. The van der Waals surface area contributed by atoms with E-state index in [0.717, 1.165) is 50.2 Å². The van der Waals surface area contributed by atoms with Gasteiger partial charge in [-0.2, -0.15) is 0 Å². The number of benzene rings is 2. The SMILES string of the molecule is O=C(O)CCCN1Cc2ccc(C#Cc3ccc(OC(F)(F)F)c(F)c3)cc2C2(CC2)C1. The standard InChI is InChI=1S/C24H21F4NO3/c25-20-13-17(6-8-21(20)32-24(26,27)28)4-3-16-5-7-18-14-29(11-1-2-22(30)31)15-23(9-10-23)19(18)12-16/h5-8,12-13H,1-2,9-11,14-15H2,(H,30,31). The van der Waals surface area contributed by atoms with Crippen molar-refractivity contribution in [1.29, 1.82) is 0 Å². The average molecular weight is 447 g/mol. The molecular weight excluding hydrogens is 426 g/mol. The lowest BCUT2D eigenvalue weighted by molar-refractivity contribution is -0.275. The number of rotatable bonds is 5. The van der Waals surface area contributed by atoms with Crippen LogP contribution in [0.25, 0.3) is 0 Å². The lowest BCUT2D eigenvalue weighted by Gasteiger charge is -2.35. The number of nitrogens with zero attached hydrogens (tertiary/aromatic N) is 1. The van der Waals surface area contributed by atoms with Crippen molar-refractivity contribution in [3.05, 3.63) is 64.5 Å². The molecule has 1 N–H and O–H groups in total. The largest absolute Gasteiger partial charge is 0.573 e. The molecule has 0 unspecified atom stereocenters. The lowest BCUT2D eigenvalue weighted by Crippen LogP contribution is -2.38. The second-order valence-corrected chi connectivity index (χ2v) is 8.30. The monoisotopic (exact) mass is 447 g/mol. The van der Waals surface area contributed by atoms with Gasteiger partial charge in [0.2, 0.25) is 0 Å². The van der Waals surface area contributed by atoms with Gasteiger partial charge in [0.05, 0.1) is 0 Å². The predicted molar refractivity (Wildman–Crippen MR) is 109 cm³/mol. The molecule has 2 aliphatic rings. The zero-order chi connectivity index (χ0) is 22.9. The highest BCUT2D eigenvalue weighted by Gasteiger charge is 2.48. The number of carbonyl (C=O) groups is 1. The lowest BCUT2D eigenvalue weighted by atomic mass is 9.85. The Bertz CT molecular complexity index is 1100. The minimum atomic E-state index is -4.96. The van der Waals surface area contributed by atoms with E-state index in [1.165, 1.54) is 17.2 Å². The molecule has 2 aromatic rings. The van der Waals surface area contributed by atoms with E-state index in [1.807, 2.05) is 18.2 Å². The summed E-state index contributed by atoms with van der Waals surface area (Å²) in [6, 6.07) is 9.06. The Kier molecular flexibility index (Phi) is 5.87. The number of hydrogen-bond donors (Lipinski definition) is 1. The number of fused-ring (bicyclic) bond motifs is 2. The Labute approximate surface area is 182 Å². The van der Waals surface area contributed by atoms with Gasteiger partial charge < -0.3 is 9.84 Å². The molecule has 0 aromatic heterocycles. The fraction of sp³-hybridized carbons (Fsp3) is 0.375. The van der Waals surface area contributed by atoms with Gasteiger partial charge in [0, 0.05) is 36.1 Å². The third-order valence-corrected chi connectivity index (χ3v) is 5.83. The Balaban J connectivity index is 1.49. The van der Waals surface area contributed by atoms with Crippen LogP contribution in [0.2, 0.25) is 0 Å². The second-order valence-electron chi connectivity index (χ2n) is 8.30. The Morgan fingerprint density at radius 3 is 2.44 bits per heavy atom. The fourth-order valence-electron chi connectivity index (χ4n) is 4.22. The molecule has 0 bridgehead atoms. The minimum absolute atomic E-state index is 0.0805. The van der Waals surface area contributed by atoms with Gasteiger partial charge in [-0.05, 0) is 67.3 Å². The van der Waals surface area contributed by atoms with Crippen molar-refractivity contribution in [2.24, 2.45) is 0 Å². The van der Waals surface area contributed by atoms with E-state index in [-0.39, 0.29) is 17.4 Å². The smallest absolute Gasteiger partial charge is 0.481 e. The number of carboxylic acid groups (broad SMARTS) is 1. The van der Waals surface area contributed by atoms with Crippen molar-refractivity contribution in [2.45, 2.75) is 44.0 Å². The molecule has 1 saturated carbocycles. The summed E-state index contributed by atoms with van der Waals surface area (Å²) in [4.78, 5) is 13.1. The van der Waals surface area contributed by atoms with Crippen molar-refractivity contribution in [3.8, 4) is 17.6 Å². The van der Waals surface area contributed by atoms with E-state index in [4.69, 9.17) is 5.11 Å². The molecule has 1 spiro atoms. The second kappa shape index (κ2) is 8.47. The van der Waals surface area contributed by atoms with Crippen LogP contribution in [-0.4, -0.2) is 35.4 Å². The summed E-state index contributed by atoms with van der Waals surface area (Å²) >= 11 is 0. The van der Waals surface area contributed by atoms with Crippen LogP contribution in [0.5, 0.6) is 5.75 Å². The van der Waals surface area contributed by atoms with Gasteiger partial charge in [-0.3, -0.25) is 9.69 Å². The van der Waals surface area contributed by atoms with E-state index in [1.54, 1.807) is 0 Å². The summed E-state index contributed by atoms with van der Waals surface area (Å²) < 4.78 is 54.3. The Hall–Kier alpha value is -3.05. The molecular formula is C24H21F4NO3. The summed E-state index contributed by atoms with van der Waals surface area (Å²) in [5.74, 6) is 2.97. The van der Waals surface area contributed by atoms with E-state index in [2.05, 4.69) is 21.5 Å². The van der Waals surface area contributed by atoms with Crippen molar-refractivity contribution in [1.82, 2.24) is 4.90 Å². The van der Waals surface area contributed by atoms with E-state index >= 15 is 0 Å². The zero-order valence-electron chi connectivity index (χ0n) is 17.1. The first-order valence-corrected chi connectivity index (χ1v) is 10.3. The van der Waals surface area contributed by atoms with Gasteiger partial charge in [-0.25, -0.2) is 4.39 Å². The highest BCUT2D eigenvalue weighted by Crippen LogP contribution is 2.52. The van der Waals surface area contributed by atoms with Crippen LogP contribution >= 0.6 is 0 Å². The minimum Gasteiger partial charge on any atom is -0.481 e. The van der Waals surface area contributed by atoms with Gasteiger partial charge >= 0.3 is 12.3 Å². The first-order valence-electron chi connectivity index (χ1n) is 10.3. The fourth-order valence-corrected chi connectivity index (χ4v) is 4.22. The molecule has 1 aliphatic heterocycles. The van der Waals surface area contributed by atoms with Crippen LogP contribution in [0.1, 0.15) is 47.9 Å². The van der Waals surface area contributed by atoms with Crippen molar-refractivity contribution in [2.75, 3.05) is 13.1 Å². The van der Waals surface area contributed by atoms with Gasteiger partial charge in [0.15, 0.2) is 11.6 Å². The highest BCUT2D eigenvalue weighted by atomic mass is 19.4. The first-order chi connectivity index (χ1) is 15.1. The molecule has 0 amide bonds. The normalized spacial score (nSPS) is 16.8. The number of alkyl halides is 3. The van der Waals surface area contributed by atoms with Gasteiger partial charge in [0.1, 0.15) is 0 Å². The molecule has 1 aliphatic carbocycles. The average Bonchev–Trinajstić information content (AvgIpc) is 3.47. The van der Waals surface area contributed by atoms with Gasteiger partial charge in [-0.1, -0.05) is 17.9 Å². The molecule has 0 radical (unpaired) electrons. The van der Waals surface area contributed by atoms with Crippen LogP contribution < -0.4 is 4.74 Å². The zero-order valence-corrected chi connectivity index (χ0v) is 17.1. The van der Waals surface area contributed by atoms with Crippen LogP contribution in [0.3, 0.4) is 0 Å². The summed E-state index contributed by atoms with van der Waals surface area (Å²) in [6.45, 7) is 2.40. The first kappa shape index (κ1) is 22.2. The summed E-state index contributed by atoms with van der Waals surface area (Å²) in [5.41, 5.74) is 3.54. The molecule has 8 heteroatoms. The Morgan fingerprint density at radius 1 is 1.12 bits per heavy atom. The molecule has 168 valence electrons. The van der Waals surface area contributed by atoms with Crippen LogP contribution in [0, 0.1) is 17.7 Å². The summed E-state index contributed by atoms with van der Waals surface area (Å²) in [5, 5.41) is 8.85. The maximum absolute atomic E-state index is 13.9. The summed E-state index contributed by atoms with van der Waals surface area (Å²) in [7, 11) is 0. The number of hydrogen-bond acceptors (Lipinski definition) is 3. The molecule has 1 fully saturated rings. The van der Waals surface area contributed by atoms with Crippen molar-refractivity contribution >= 4 is 5.97 Å². The van der Waals surface area contributed by atoms with Crippen molar-refractivity contribution < 1.29 is 32.2 Å². The number of aliphatic carboxylic acids is 1.